The minimum absolute atomic E-state index is 0.208. The fraction of sp³-hybridized carbons (Fsp3) is 0.0588. The van der Waals surface area contributed by atoms with Crippen LogP contribution in [-0.2, 0) is 4.79 Å². The van der Waals surface area contributed by atoms with E-state index in [0.717, 1.165) is 5.56 Å². The standard InChI is InChI=1S/C17H12Cl2O4/c18-14-7-4-12(9-15(14)19)16(20)8-3-11-1-5-13(6-2-11)23-10-17(21)22/h1-9H,10H2,(H,21,22)/p-1/b8-3+. The van der Waals surface area contributed by atoms with E-state index in [0.29, 0.717) is 21.4 Å². The maximum Gasteiger partial charge on any atom is 0.185 e. The van der Waals surface area contributed by atoms with Gasteiger partial charge in [-0.3, -0.25) is 4.79 Å². The van der Waals surface area contributed by atoms with Crippen molar-refractivity contribution >= 4 is 41.0 Å². The highest BCUT2D eigenvalue weighted by Gasteiger charge is 2.05. The molecule has 0 bridgehead atoms. The Morgan fingerprint density at radius 3 is 2.35 bits per heavy atom. The molecule has 118 valence electrons. The highest BCUT2D eigenvalue weighted by Crippen LogP contribution is 2.23. The van der Waals surface area contributed by atoms with Crippen LogP contribution in [-0.4, -0.2) is 18.4 Å². The van der Waals surface area contributed by atoms with Crippen LogP contribution in [0.1, 0.15) is 15.9 Å². The maximum absolute atomic E-state index is 12.0. The Bertz CT molecular complexity index is 752. The van der Waals surface area contributed by atoms with E-state index in [1.807, 2.05) is 0 Å². The average molecular weight is 350 g/mol. The molecule has 0 aliphatic heterocycles. The van der Waals surface area contributed by atoms with Crippen molar-refractivity contribution in [3.63, 3.8) is 0 Å². The number of aliphatic carboxylic acids is 1. The summed E-state index contributed by atoms with van der Waals surface area (Å²) in [6.07, 6.45) is 3.05. The zero-order valence-corrected chi connectivity index (χ0v) is 13.3. The van der Waals surface area contributed by atoms with Gasteiger partial charge in [-0.2, -0.15) is 0 Å². The van der Waals surface area contributed by atoms with Crippen LogP contribution in [0.3, 0.4) is 0 Å². The van der Waals surface area contributed by atoms with Crippen LogP contribution >= 0.6 is 23.2 Å². The molecule has 0 heterocycles. The molecule has 4 nitrogen and oxygen atoms in total. The zero-order valence-electron chi connectivity index (χ0n) is 11.8. The third-order valence-electron chi connectivity index (χ3n) is 2.87. The van der Waals surface area contributed by atoms with Gasteiger partial charge in [-0.1, -0.05) is 41.4 Å². The highest BCUT2D eigenvalue weighted by atomic mass is 35.5. The van der Waals surface area contributed by atoms with Crippen molar-refractivity contribution in [1.82, 2.24) is 0 Å². The van der Waals surface area contributed by atoms with Crippen LogP contribution in [0.25, 0.3) is 6.08 Å². The Morgan fingerprint density at radius 1 is 1.04 bits per heavy atom. The summed E-state index contributed by atoms with van der Waals surface area (Å²) < 4.78 is 4.96. The van der Waals surface area contributed by atoms with Gasteiger partial charge in [0.15, 0.2) is 5.78 Å². The van der Waals surface area contributed by atoms with E-state index in [4.69, 9.17) is 27.9 Å². The van der Waals surface area contributed by atoms with Gasteiger partial charge in [-0.15, -0.1) is 0 Å². The number of ketones is 1. The first-order valence-electron chi connectivity index (χ1n) is 6.56. The van der Waals surface area contributed by atoms with Crippen LogP contribution in [0, 0.1) is 0 Å². The van der Waals surface area contributed by atoms with Gasteiger partial charge in [0.05, 0.1) is 16.0 Å². The molecular weight excluding hydrogens is 339 g/mol. The summed E-state index contributed by atoms with van der Waals surface area (Å²) in [5.74, 6) is -1.09. The van der Waals surface area contributed by atoms with Gasteiger partial charge in [-0.05, 0) is 42.0 Å². The smallest absolute Gasteiger partial charge is 0.185 e. The van der Waals surface area contributed by atoms with Crippen molar-refractivity contribution in [2.45, 2.75) is 0 Å². The molecule has 6 heteroatoms. The minimum Gasteiger partial charge on any atom is -0.546 e. The fourth-order valence-corrected chi connectivity index (χ4v) is 2.03. The first-order chi connectivity index (χ1) is 11.0. The second-order valence-electron chi connectivity index (χ2n) is 4.56. The van der Waals surface area contributed by atoms with E-state index < -0.39 is 12.6 Å². The van der Waals surface area contributed by atoms with E-state index in [2.05, 4.69) is 0 Å². The molecule has 0 aromatic heterocycles. The summed E-state index contributed by atoms with van der Waals surface area (Å²) in [7, 11) is 0. The molecule has 0 N–H and O–H groups in total. The van der Waals surface area contributed by atoms with Gasteiger partial charge >= 0.3 is 0 Å². The minimum atomic E-state index is -1.29. The largest absolute Gasteiger partial charge is 0.546 e. The SMILES string of the molecule is O=C([O-])COc1ccc(/C=C/C(=O)c2ccc(Cl)c(Cl)c2)cc1. The number of ether oxygens (including phenoxy) is 1. The number of rotatable bonds is 6. The van der Waals surface area contributed by atoms with Gasteiger partial charge < -0.3 is 14.6 Å². The first kappa shape index (κ1) is 17.1. The number of carboxylic acid groups (broad SMARTS) is 1. The Morgan fingerprint density at radius 2 is 1.74 bits per heavy atom. The van der Waals surface area contributed by atoms with E-state index in [-0.39, 0.29) is 5.78 Å². The average Bonchev–Trinajstić information content (AvgIpc) is 2.54. The highest BCUT2D eigenvalue weighted by molar-refractivity contribution is 6.42. The number of halogens is 2. The Hall–Kier alpha value is -2.30. The van der Waals surface area contributed by atoms with Gasteiger partial charge in [0, 0.05) is 5.56 Å². The van der Waals surface area contributed by atoms with Gasteiger partial charge in [-0.25, -0.2) is 0 Å². The Labute approximate surface area is 142 Å². The molecule has 0 saturated carbocycles. The molecule has 0 aliphatic carbocycles. The van der Waals surface area contributed by atoms with Crippen LogP contribution < -0.4 is 9.84 Å². The van der Waals surface area contributed by atoms with E-state index in [1.165, 1.54) is 12.1 Å². The Kier molecular flexibility index (Phi) is 5.79. The third kappa shape index (κ3) is 5.13. The van der Waals surface area contributed by atoms with Crippen molar-refractivity contribution in [3.8, 4) is 5.75 Å². The summed E-state index contributed by atoms with van der Waals surface area (Å²) in [5.41, 5.74) is 1.20. The van der Waals surface area contributed by atoms with Crippen molar-refractivity contribution in [2.75, 3.05) is 6.61 Å². The number of carboxylic acids is 1. The zero-order chi connectivity index (χ0) is 16.8. The number of carbonyl (C=O) groups is 2. The third-order valence-corrected chi connectivity index (χ3v) is 3.61. The molecule has 2 aromatic rings. The van der Waals surface area contributed by atoms with Crippen molar-refractivity contribution in [1.29, 1.82) is 0 Å². The molecular formula is C17H11Cl2O4-. The number of hydrogen-bond acceptors (Lipinski definition) is 4. The summed E-state index contributed by atoms with van der Waals surface area (Å²) in [4.78, 5) is 22.3. The molecule has 0 unspecified atom stereocenters. The van der Waals surface area contributed by atoms with Gasteiger partial charge in [0.1, 0.15) is 12.4 Å². The second-order valence-corrected chi connectivity index (χ2v) is 5.37. The maximum atomic E-state index is 12.0. The lowest BCUT2D eigenvalue weighted by Crippen LogP contribution is -2.28. The molecule has 0 atom stereocenters. The Balaban J connectivity index is 2.03. The molecule has 2 aromatic carbocycles. The molecule has 0 saturated heterocycles. The molecule has 0 aliphatic rings. The molecule has 23 heavy (non-hydrogen) atoms. The lowest BCUT2D eigenvalue weighted by molar-refractivity contribution is -0.307. The molecule has 2 rings (SSSR count). The van der Waals surface area contributed by atoms with Crippen LogP contribution in [0.2, 0.25) is 10.0 Å². The van der Waals surface area contributed by atoms with E-state index in [1.54, 1.807) is 42.5 Å². The van der Waals surface area contributed by atoms with Crippen molar-refractivity contribution in [2.24, 2.45) is 0 Å². The van der Waals surface area contributed by atoms with Crippen molar-refractivity contribution in [3.05, 3.63) is 69.7 Å². The van der Waals surface area contributed by atoms with Crippen LogP contribution in [0.15, 0.2) is 48.5 Å². The second kappa shape index (κ2) is 7.81. The molecule has 0 radical (unpaired) electrons. The predicted molar refractivity (Wildman–Crippen MR) is 86.8 cm³/mol. The molecule has 0 fully saturated rings. The summed E-state index contributed by atoms with van der Waals surface area (Å²) >= 11 is 11.7. The quantitative estimate of drug-likeness (QED) is 0.593. The van der Waals surface area contributed by atoms with Gasteiger partial charge in [0.2, 0.25) is 0 Å². The lowest BCUT2D eigenvalue weighted by Gasteiger charge is -2.06. The normalized spacial score (nSPS) is 10.7. The predicted octanol–water partition coefficient (Wildman–Crippen LogP) is 3.02. The monoisotopic (exact) mass is 349 g/mol. The topological polar surface area (TPSA) is 66.4 Å². The lowest BCUT2D eigenvalue weighted by atomic mass is 10.1. The number of hydrogen-bond donors (Lipinski definition) is 0. The molecule has 0 amide bonds. The fourth-order valence-electron chi connectivity index (χ4n) is 1.73. The van der Waals surface area contributed by atoms with Crippen LogP contribution in [0.5, 0.6) is 5.75 Å². The van der Waals surface area contributed by atoms with E-state index >= 15 is 0 Å². The summed E-state index contributed by atoms with van der Waals surface area (Å²) in [6.45, 7) is -0.509. The number of benzene rings is 2. The van der Waals surface area contributed by atoms with Crippen molar-refractivity contribution < 1.29 is 19.4 Å². The molecule has 0 spiro atoms. The first-order valence-corrected chi connectivity index (χ1v) is 7.31. The number of allylic oxidation sites excluding steroid dienone is 1. The summed E-state index contributed by atoms with van der Waals surface area (Å²) in [6, 6.07) is 11.3. The van der Waals surface area contributed by atoms with Crippen LogP contribution in [0.4, 0.5) is 0 Å². The summed E-state index contributed by atoms with van der Waals surface area (Å²) in [5, 5.41) is 11.0. The van der Waals surface area contributed by atoms with E-state index in [9.17, 15) is 14.7 Å². The number of carbonyl (C=O) groups excluding carboxylic acids is 2. The van der Waals surface area contributed by atoms with Gasteiger partial charge in [0.25, 0.3) is 0 Å².